The number of halogens is 1. The molecular formula is C18H14BrNO3. The Morgan fingerprint density at radius 1 is 0.913 bits per heavy atom. The van der Waals surface area contributed by atoms with Crippen LogP contribution >= 0.6 is 15.9 Å². The average molecular weight is 372 g/mol. The van der Waals surface area contributed by atoms with Gasteiger partial charge in [0.25, 0.3) is 11.8 Å². The molecule has 1 unspecified atom stereocenters. The van der Waals surface area contributed by atoms with E-state index in [9.17, 15) is 14.4 Å². The highest BCUT2D eigenvalue weighted by molar-refractivity contribution is 9.10. The number of carbonyl (C=O) groups is 3. The van der Waals surface area contributed by atoms with Crippen LogP contribution in [0.5, 0.6) is 0 Å². The van der Waals surface area contributed by atoms with E-state index in [1.165, 1.54) is 4.90 Å². The first-order chi connectivity index (χ1) is 11.1. The van der Waals surface area contributed by atoms with E-state index in [1.54, 1.807) is 48.5 Å². The summed E-state index contributed by atoms with van der Waals surface area (Å²) in [7, 11) is 0. The van der Waals surface area contributed by atoms with E-state index in [4.69, 9.17) is 0 Å². The summed E-state index contributed by atoms with van der Waals surface area (Å²) in [6, 6.07) is 15.7. The summed E-state index contributed by atoms with van der Waals surface area (Å²) in [4.78, 5) is 37.6. The molecule has 1 atom stereocenters. The molecule has 0 fully saturated rings. The predicted molar refractivity (Wildman–Crippen MR) is 89.9 cm³/mol. The minimum absolute atomic E-state index is 0.0535. The fraction of sp³-hybridized carbons (Fsp3) is 0.167. The molecule has 0 bridgehead atoms. The largest absolute Gasteiger partial charge is 0.293 e. The average Bonchev–Trinajstić information content (AvgIpc) is 2.84. The summed E-state index contributed by atoms with van der Waals surface area (Å²) in [5.41, 5.74) is 1.47. The van der Waals surface area contributed by atoms with Crippen molar-refractivity contribution >= 4 is 33.5 Å². The van der Waals surface area contributed by atoms with E-state index >= 15 is 0 Å². The van der Waals surface area contributed by atoms with Crippen molar-refractivity contribution in [2.45, 2.75) is 11.2 Å². The second-order valence-corrected chi connectivity index (χ2v) is 6.40. The molecule has 0 N–H and O–H groups in total. The highest BCUT2D eigenvalue weighted by atomic mass is 79.9. The molecule has 2 amide bonds. The first-order valence-corrected chi connectivity index (χ1v) is 8.19. The van der Waals surface area contributed by atoms with Crippen LogP contribution in [0.4, 0.5) is 0 Å². The van der Waals surface area contributed by atoms with Crippen LogP contribution in [0.1, 0.15) is 37.5 Å². The van der Waals surface area contributed by atoms with Crippen LogP contribution in [0, 0.1) is 0 Å². The molecular weight excluding hydrogens is 358 g/mol. The van der Waals surface area contributed by atoms with Gasteiger partial charge in [-0.05, 0) is 18.6 Å². The molecule has 0 spiro atoms. The smallest absolute Gasteiger partial charge is 0.261 e. The first-order valence-electron chi connectivity index (χ1n) is 7.28. The summed E-state index contributed by atoms with van der Waals surface area (Å²) in [5.74, 6) is -0.642. The third-order valence-electron chi connectivity index (χ3n) is 3.83. The SMILES string of the molecule is O=C(c1ccccc1)C(Br)CCN1C(=O)c2ccccc2C1=O. The molecule has 3 rings (SSSR count). The Bertz CT molecular complexity index is 738. The monoisotopic (exact) mass is 371 g/mol. The van der Waals surface area contributed by atoms with Crippen molar-refractivity contribution in [1.29, 1.82) is 0 Å². The van der Waals surface area contributed by atoms with Crippen molar-refractivity contribution in [3.63, 3.8) is 0 Å². The summed E-state index contributed by atoms with van der Waals surface area (Å²) in [6.45, 7) is 0.209. The van der Waals surface area contributed by atoms with Gasteiger partial charge in [-0.1, -0.05) is 58.4 Å². The van der Waals surface area contributed by atoms with Crippen molar-refractivity contribution < 1.29 is 14.4 Å². The second-order valence-electron chi connectivity index (χ2n) is 5.29. The van der Waals surface area contributed by atoms with Crippen LogP contribution in [-0.2, 0) is 0 Å². The first kappa shape index (κ1) is 15.6. The van der Waals surface area contributed by atoms with E-state index < -0.39 is 4.83 Å². The molecule has 2 aromatic rings. The van der Waals surface area contributed by atoms with Gasteiger partial charge in [-0.15, -0.1) is 0 Å². The third-order valence-corrected chi connectivity index (χ3v) is 4.70. The number of hydrogen-bond donors (Lipinski definition) is 0. The van der Waals surface area contributed by atoms with Crippen LogP contribution < -0.4 is 0 Å². The van der Waals surface area contributed by atoms with Crippen LogP contribution in [0.2, 0.25) is 0 Å². The zero-order chi connectivity index (χ0) is 16.4. The molecule has 1 heterocycles. The van der Waals surface area contributed by atoms with Crippen LogP contribution in [0.3, 0.4) is 0 Å². The molecule has 4 nitrogen and oxygen atoms in total. The molecule has 1 aliphatic rings. The molecule has 0 saturated carbocycles. The Balaban J connectivity index is 1.67. The number of rotatable bonds is 5. The molecule has 23 heavy (non-hydrogen) atoms. The summed E-state index contributed by atoms with van der Waals surface area (Å²) in [6.07, 6.45) is 0.374. The number of fused-ring (bicyclic) bond motifs is 1. The Morgan fingerprint density at radius 2 is 1.43 bits per heavy atom. The van der Waals surface area contributed by atoms with Crippen LogP contribution in [-0.4, -0.2) is 33.9 Å². The van der Waals surface area contributed by atoms with Gasteiger partial charge in [0.15, 0.2) is 5.78 Å². The quantitative estimate of drug-likeness (QED) is 0.460. The Hall–Kier alpha value is -2.27. The second kappa shape index (κ2) is 6.46. The zero-order valence-electron chi connectivity index (χ0n) is 12.2. The van der Waals surface area contributed by atoms with Crippen molar-refractivity contribution in [2.24, 2.45) is 0 Å². The molecule has 0 radical (unpaired) electrons. The van der Waals surface area contributed by atoms with Gasteiger partial charge in [0.2, 0.25) is 0 Å². The fourth-order valence-corrected chi connectivity index (χ4v) is 3.07. The van der Waals surface area contributed by atoms with Crippen molar-refractivity contribution in [1.82, 2.24) is 4.90 Å². The van der Waals surface area contributed by atoms with Crippen LogP contribution in [0.25, 0.3) is 0 Å². The standard InChI is InChI=1S/C18H14BrNO3/c19-15(16(21)12-6-2-1-3-7-12)10-11-20-17(22)13-8-4-5-9-14(13)18(20)23/h1-9,15H,10-11H2. The lowest BCUT2D eigenvalue weighted by Gasteiger charge is -2.16. The van der Waals surface area contributed by atoms with Gasteiger partial charge in [-0.25, -0.2) is 0 Å². The maximum absolute atomic E-state index is 12.3. The number of carbonyl (C=O) groups excluding carboxylic acids is 3. The lowest BCUT2D eigenvalue weighted by Crippen LogP contribution is -2.33. The summed E-state index contributed by atoms with van der Waals surface area (Å²) < 4.78 is 0. The number of amides is 2. The van der Waals surface area contributed by atoms with E-state index in [2.05, 4.69) is 15.9 Å². The minimum atomic E-state index is -0.436. The number of imide groups is 1. The Morgan fingerprint density at radius 3 is 2.00 bits per heavy atom. The van der Waals surface area contributed by atoms with Gasteiger partial charge >= 0.3 is 0 Å². The van der Waals surface area contributed by atoms with Gasteiger partial charge in [0, 0.05) is 12.1 Å². The molecule has 2 aromatic carbocycles. The lowest BCUT2D eigenvalue weighted by atomic mass is 10.1. The van der Waals surface area contributed by atoms with Gasteiger partial charge in [0.1, 0.15) is 0 Å². The Labute approximate surface area is 142 Å². The van der Waals surface area contributed by atoms with Gasteiger partial charge in [-0.2, -0.15) is 0 Å². The Kier molecular flexibility index (Phi) is 4.39. The minimum Gasteiger partial charge on any atom is -0.293 e. The number of Topliss-reactive ketones (excluding diaryl/α,β-unsaturated/α-hetero) is 1. The van der Waals surface area contributed by atoms with Gasteiger partial charge < -0.3 is 0 Å². The van der Waals surface area contributed by atoms with Gasteiger partial charge in [-0.3, -0.25) is 19.3 Å². The van der Waals surface area contributed by atoms with E-state index in [0.29, 0.717) is 23.1 Å². The maximum atomic E-state index is 12.3. The van der Waals surface area contributed by atoms with Gasteiger partial charge in [0.05, 0.1) is 16.0 Å². The maximum Gasteiger partial charge on any atom is 0.261 e. The molecule has 0 aliphatic carbocycles. The fourth-order valence-electron chi connectivity index (χ4n) is 2.60. The zero-order valence-corrected chi connectivity index (χ0v) is 13.8. The van der Waals surface area contributed by atoms with Crippen molar-refractivity contribution in [3.05, 3.63) is 71.3 Å². The number of hydrogen-bond acceptors (Lipinski definition) is 3. The summed E-state index contributed by atoms with van der Waals surface area (Å²) in [5, 5.41) is 0. The topological polar surface area (TPSA) is 54.5 Å². The van der Waals surface area contributed by atoms with Crippen LogP contribution in [0.15, 0.2) is 54.6 Å². The number of benzene rings is 2. The number of nitrogens with zero attached hydrogens (tertiary/aromatic N) is 1. The highest BCUT2D eigenvalue weighted by Gasteiger charge is 2.35. The molecule has 5 heteroatoms. The molecule has 116 valence electrons. The normalized spacial score (nSPS) is 14.7. The molecule has 1 aliphatic heterocycles. The van der Waals surface area contributed by atoms with E-state index in [1.807, 2.05) is 6.07 Å². The summed E-state index contributed by atoms with van der Waals surface area (Å²) >= 11 is 3.36. The van der Waals surface area contributed by atoms with E-state index in [0.717, 1.165) is 0 Å². The number of ketones is 1. The van der Waals surface area contributed by atoms with Crippen molar-refractivity contribution in [3.8, 4) is 0 Å². The highest BCUT2D eigenvalue weighted by Crippen LogP contribution is 2.24. The lowest BCUT2D eigenvalue weighted by molar-refractivity contribution is 0.0648. The van der Waals surface area contributed by atoms with E-state index in [-0.39, 0.29) is 24.1 Å². The molecule has 0 aromatic heterocycles. The third kappa shape index (κ3) is 2.97. The molecule has 0 saturated heterocycles. The number of alkyl halides is 1. The predicted octanol–water partition coefficient (Wildman–Crippen LogP) is 3.32. The van der Waals surface area contributed by atoms with Crippen molar-refractivity contribution in [2.75, 3.05) is 6.54 Å².